The number of rotatable bonds is 2. The number of benzene rings is 1. The molecule has 0 aliphatic rings. The summed E-state index contributed by atoms with van der Waals surface area (Å²) in [6.45, 7) is 0. The highest BCUT2D eigenvalue weighted by atomic mass is 35.5. The van der Waals surface area contributed by atoms with Crippen LogP contribution in [0.3, 0.4) is 0 Å². The SMILES string of the molecule is O=CCc1cc(Cl)cc(Cl)c1O. The van der Waals surface area contributed by atoms with Crippen molar-refractivity contribution in [3.05, 3.63) is 27.7 Å². The van der Waals surface area contributed by atoms with Crippen molar-refractivity contribution < 1.29 is 9.90 Å². The van der Waals surface area contributed by atoms with E-state index < -0.39 is 0 Å². The molecule has 0 fully saturated rings. The number of carbonyl (C=O) groups excluding carboxylic acids is 1. The Morgan fingerprint density at radius 2 is 2.08 bits per heavy atom. The summed E-state index contributed by atoms with van der Waals surface area (Å²) < 4.78 is 0. The molecule has 0 heterocycles. The summed E-state index contributed by atoms with van der Waals surface area (Å²) in [5.41, 5.74) is 0.447. The summed E-state index contributed by atoms with van der Waals surface area (Å²) in [5, 5.41) is 9.88. The zero-order valence-corrected chi connectivity index (χ0v) is 7.56. The second kappa shape index (κ2) is 3.78. The highest BCUT2D eigenvalue weighted by Crippen LogP contribution is 2.30. The average Bonchev–Trinajstić information content (AvgIpc) is 2.00. The third-order valence-corrected chi connectivity index (χ3v) is 1.92. The first-order chi connectivity index (χ1) is 5.65. The Hall–Kier alpha value is -0.730. The standard InChI is InChI=1S/C8H6Cl2O2/c9-6-3-5(1-2-11)8(12)7(10)4-6/h2-4,12H,1H2. The van der Waals surface area contributed by atoms with Gasteiger partial charge in [-0.15, -0.1) is 0 Å². The third kappa shape index (κ3) is 1.90. The molecule has 2 nitrogen and oxygen atoms in total. The van der Waals surface area contributed by atoms with Crippen LogP contribution >= 0.6 is 23.2 Å². The molecule has 0 aliphatic heterocycles. The Bertz CT molecular complexity index is 310. The van der Waals surface area contributed by atoms with E-state index in [2.05, 4.69) is 0 Å². The normalized spacial score (nSPS) is 9.83. The van der Waals surface area contributed by atoms with Crippen LogP contribution in [0.4, 0.5) is 0 Å². The Labute approximate surface area is 79.7 Å². The zero-order chi connectivity index (χ0) is 9.14. The number of aldehydes is 1. The maximum atomic E-state index is 10.2. The minimum Gasteiger partial charge on any atom is -0.506 e. The van der Waals surface area contributed by atoms with Crippen LogP contribution in [-0.2, 0) is 11.2 Å². The Morgan fingerprint density at radius 3 is 2.67 bits per heavy atom. The Morgan fingerprint density at radius 1 is 1.42 bits per heavy atom. The maximum Gasteiger partial charge on any atom is 0.137 e. The summed E-state index contributed by atoms with van der Waals surface area (Å²) >= 11 is 11.3. The van der Waals surface area contributed by atoms with Crippen molar-refractivity contribution >= 4 is 29.5 Å². The van der Waals surface area contributed by atoms with Crippen molar-refractivity contribution in [1.29, 1.82) is 0 Å². The zero-order valence-electron chi connectivity index (χ0n) is 6.05. The van der Waals surface area contributed by atoms with Gasteiger partial charge in [-0.2, -0.15) is 0 Å². The highest BCUT2D eigenvalue weighted by Gasteiger charge is 2.06. The fourth-order valence-corrected chi connectivity index (χ4v) is 1.40. The van der Waals surface area contributed by atoms with Crippen LogP contribution in [0, 0.1) is 0 Å². The molecule has 64 valence electrons. The topological polar surface area (TPSA) is 37.3 Å². The molecule has 0 bridgehead atoms. The molecule has 0 spiro atoms. The number of hydrogen-bond acceptors (Lipinski definition) is 2. The first-order valence-corrected chi connectivity index (χ1v) is 4.01. The van der Waals surface area contributed by atoms with Crippen LogP contribution in [0.5, 0.6) is 5.75 Å². The number of hydrogen-bond donors (Lipinski definition) is 1. The van der Waals surface area contributed by atoms with Gasteiger partial charge in [-0.3, -0.25) is 0 Å². The number of phenols is 1. The summed E-state index contributed by atoms with van der Waals surface area (Å²) in [7, 11) is 0. The number of phenolic OH excluding ortho intramolecular Hbond substituents is 1. The van der Waals surface area contributed by atoms with Gasteiger partial charge in [0, 0.05) is 17.0 Å². The van der Waals surface area contributed by atoms with E-state index in [4.69, 9.17) is 23.2 Å². The van der Waals surface area contributed by atoms with Gasteiger partial charge < -0.3 is 9.90 Å². The first kappa shape index (κ1) is 9.36. The average molecular weight is 205 g/mol. The summed E-state index contributed by atoms with van der Waals surface area (Å²) in [4.78, 5) is 10.2. The van der Waals surface area contributed by atoms with Crippen LogP contribution in [0.1, 0.15) is 5.56 Å². The molecular weight excluding hydrogens is 199 g/mol. The Kier molecular flexibility index (Phi) is 2.95. The predicted molar refractivity (Wildman–Crippen MR) is 47.9 cm³/mol. The van der Waals surface area contributed by atoms with E-state index in [0.29, 0.717) is 16.9 Å². The predicted octanol–water partition coefficient (Wildman–Crippen LogP) is 2.44. The summed E-state index contributed by atoms with van der Waals surface area (Å²) in [6, 6.07) is 2.93. The van der Waals surface area contributed by atoms with Gasteiger partial charge in [0.1, 0.15) is 12.0 Å². The van der Waals surface area contributed by atoms with Gasteiger partial charge in [-0.1, -0.05) is 23.2 Å². The smallest absolute Gasteiger partial charge is 0.137 e. The third-order valence-electron chi connectivity index (χ3n) is 1.41. The van der Waals surface area contributed by atoms with Crippen LogP contribution in [0.25, 0.3) is 0 Å². The molecule has 1 aromatic carbocycles. The van der Waals surface area contributed by atoms with Crippen molar-refractivity contribution in [3.63, 3.8) is 0 Å². The van der Waals surface area contributed by atoms with E-state index in [0.717, 1.165) is 0 Å². The monoisotopic (exact) mass is 204 g/mol. The van der Waals surface area contributed by atoms with E-state index in [1.54, 1.807) is 0 Å². The molecule has 1 N–H and O–H groups in total. The van der Waals surface area contributed by atoms with Gasteiger partial charge in [0.25, 0.3) is 0 Å². The van der Waals surface area contributed by atoms with Crippen molar-refractivity contribution in [2.45, 2.75) is 6.42 Å². The highest BCUT2D eigenvalue weighted by molar-refractivity contribution is 6.35. The van der Waals surface area contributed by atoms with Crippen molar-refractivity contribution in [3.8, 4) is 5.75 Å². The van der Waals surface area contributed by atoms with E-state index in [-0.39, 0.29) is 17.2 Å². The number of halogens is 2. The lowest BCUT2D eigenvalue weighted by Gasteiger charge is -2.02. The van der Waals surface area contributed by atoms with Gasteiger partial charge in [-0.05, 0) is 12.1 Å². The molecule has 4 heteroatoms. The van der Waals surface area contributed by atoms with Gasteiger partial charge in [0.05, 0.1) is 5.02 Å². The molecule has 0 aliphatic carbocycles. The minimum atomic E-state index is -0.0758. The van der Waals surface area contributed by atoms with Crippen LogP contribution in [0.15, 0.2) is 12.1 Å². The second-order valence-electron chi connectivity index (χ2n) is 2.27. The Balaban J connectivity index is 3.17. The molecule has 0 saturated heterocycles. The molecule has 0 atom stereocenters. The second-order valence-corrected chi connectivity index (χ2v) is 3.11. The van der Waals surface area contributed by atoms with Gasteiger partial charge >= 0.3 is 0 Å². The largest absolute Gasteiger partial charge is 0.506 e. The quantitative estimate of drug-likeness (QED) is 0.752. The fraction of sp³-hybridized carbons (Fsp3) is 0.125. The van der Waals surface area contributed by atoms with Crippen molar-refractivity contribution in [2.24, 2.45) is 0 Å². The van der Waals surface area contributed by atoms with Crippen LogP contribution in [0.2, 0.25) is 10.0 Å². The van der Waals surface area contributed by atoms with E-state index in [1.165, 1.54) is 12.1 Å². The van der Waals surface area contributed by atoms with E-state index >= 15 is 0 Å². The summed E-state index contributed by atoms with van der Waals surface area (Å²) in [5.74, 6) is -0.0758. The van der Waals surface area contributed by atoms with Gasteiger partial charge in [-0.25, -0.2) is 0 Å². The molecule has 0 amide bonds. The minimum absolute atomic E-state index is 0.0758. The van der Waals surface area contributed by atoms with Crippen LogP contribution in [-0.4, -0.2) is 11.4 Å². The molecule has 0 radical (unpaired) electrons. The molecular formula is C8H6Cl2O2. The van der Waals surface area contributed by atoms with Gasteiger partial charge in [0.15, 0.2) is 0 Å². The number of aromatic hydroxyl groups is 1. The van der Waals surface area contributed by atoms with Crippen LogP contribution < -0.4 is 0 Å². The van der Waals surface area contributed by atoms with Crippen molar-refractivity contribution in [1.82, 2.24) is 0 Å². The maximum absolute atomic E-state index is 10.2. The lowest BCUT2D eigenvalue weighted by atomic mass is 10.1. The van der Waals surface area contributed by atoms with Crippen molar-refractivity contribution in [2.75, 3.05) is 0 Å². The first-order valence-electron chi connectivity index (χ1n) is 3.25. The van der Waals surface area contributed by atoms with E-state index in [9.17, 15) is 9.90 Å². The lowest BCUT2D eigenvalue weighted by molar-refractivity contribution is -0.107. The molecule has 0 unspecified atom stereocenters. The van der Waals surface area contributed by atoms with E-state index in [1.807, 2.05) is 0 Å². The fourth-order valence-electron chi connectivity index (χ4n) is 0.865. The molecule has 1 aromatic rings. The molecule has 0 saturated carbocycles. The molecule has 12 heavy (non-hydrogen) atoms. The molecule has 0 aromatic heterocycles. The molecule has 1 rings (SSSR count). The van der Waals surface area contributed by atoms with Gasteiger partial charge in [0.2, 0.25) is 0 Å². The number of carbonyl (C=O) groups is 1. The summed E-state index contributed by atoms with van der Waals surface area (Å²) in [6.07, 6.45) is 0.799. The lowest BCUT2D eigenvalue weighted by Crippen LogP contribution is -1.87.